The van der Waals surface area contributed by atoms with Gasteiger partial charge in [-0.05, 0) is 12.1 Å². The summed E-state index contributed by atoms with van der Waals surface area (Å²) in [5.41, 5.74) is 4.57. The number of nitrogens with two attached hydrogens (primary N) is 2. The van der Waals surface area contributed by atoms with Crippen molar-refractivity contribution in [2.24, 2.45) is 11.7 Å². The minimum atomic E-state index is -0.634. The van der Waals surface area contributed by atoms with Gasteiger partial charge in [-0.25, -0.2) is 21.7 Å². The van der Waals surface area contributed by atoms with Crippen molar-refractivity contribution in [3.05, 3.63) is 56.6 Å². The number of hydrazine groups is 2. The normalized spacial score (nSPS) is 11.0. The molecular weight excluding hydrogens is 452 g/mol. The number of non-ortho nitro benzene ring substituents is 2. The summed E-state index contributed by atoms with van der Waals surface area (Å²) in [5.74, 6) is 9.33. The Morgan fingerprint density at radius 2 is 1.18 bits per heavy atom. The number of aromatic nitrogens is 4. The molecule has 34 heavy (non-hydrogen) atoms. The van der Waals surface area contributed by atoms with E-state index in [-0.39, 0.29) is 47.1 Å². The largest absolute Gasteiger partial charge is 0.312 e. The van der Waals surface area contributed by atoms with Crippen LogP contribution in [0.15, 0.2) is 36.4 Å². The molecule has 0 aliphatic carbocycles. The highest BCUT2D eigenvalue weighted by Gasteiger charge is 2.24. The maximum absolute atomic E-state index is 12.1. The van der Waals surface area contributed by atoms with Gasteiger partial charge in [0.25, 0.3) is 23.2 Å². The monoisotopic (exact) mass is 468 g/mol. The van der Waals surface area contributed by atoms with Crippen LogP contribution in [0.25, 0.3) is 33.7 Å². The Hall–Kier alpha value is -4.96. The van der Waals surface area contributed by atoms with Crippen molar-refractivity contribution >= 4 is 45.3 Å². The Morgan fingerprint density at radius 3 is 1.50 bits per heavy atom. The van der Waals surface area contributed by atoms with Gasteiger partial charge in [-0.1, -0.05) is 0 Å². The molecule has 0 aliphatic heterocycles. The van der Waals surface area contributed by atoms with Gasteiger partial charge in [-0.3, -0.25) is 40.7 Å². The van der Waals surface area contributed by atoms with Gasteiger partial charge in [0.1, 0.15) is 13.1 Å². The number of amides is 2. The zero-order valence-electron chi connectivity index (χ0n) is 17.2. The molecule has 16 heteroatoms. The van der Waals surface area contributed by atoms with Gasteiger partial charge in [0, 0.05) is 24.3 Å². The Morgan fingerprint density at radius 1 is 0.794 bits per heavy atom. The van der Waals surface area contributed by atoms with E-state index in [9.17, 15) is 29.8 Å². The molecule has 0 aliphatic rings. The topological polar surface area (TPSA) is 232 Å². The van der Waals surface area contributed by atoms with Crippen molar-refractivity contribution in [1.82, 2.24) is 30.0 Å². The van der Waals surface area contributed by atoms with Crippen LogP contribution in [0.4, 0.5) is 11.4 Å². The molecule has 0 saturated heterocycles. The molecule has 0 saturated carbocycles. The molecule has 6 N–H and O–H groups in total. The van der Waals surface area contributed by atoms with Gasteiger partial charge in [0.15, 0.2) is 11.6 Å². The van der Waals surface area contributed by atoms with E-state index in [2.05, 4.69) is 9.97 Å². The van der Waals surface area contributed by atoms with Crippen molar-refractivity contribution in [1.29, 1.82) is 0 Å². The first-order valence-corrected chi connectivity index (χ1v) is 9.52. The van der Waals surface area contributed by atoms with Crippen molar-refractivity contribution in [2.45, 2.75) is 13.1 Å². The first-order chi connectivity index (χ1) is 16.2. The highest BCUT2D eigenvalue weighted by atomic mass is 16.6. The third-order valence-corrected chi connectivity index (χ3v) is 5.01. The Bertz CT molecular complexity index is 1380. The number of imidazole rings is 2. The lowest BCUT2D eigenvalue weighted by Crippen LogP contribution is -2.34. The summed E-state index contributed by atoms with van der Waals surface area (Å²) in [6, 6.07) is 7.78. The molecule has 0 fully saturated rings. The van der Waals surface area contributed by atoms with Gasteiger partial charge < -0.3 is 9.13 Å². The number of nitro groups is 2. The van der Waals surface area contributed by atoms with Crippen LogP contribution in [0.5, 0.6) is 0 Å². The summed E-state index contributed by atoms with van der Waals surface area (Å²) in [5, 5.41) is 22.5. The van der Waals surface area contributed by atoms with E-state index in [0.717, 1.165) is 0 Å². The quantitative estimate of drug-likeness (QED) is 0.121. The van der Waals surface area contributed by atoms with Crippen molar-refractivity contribution < 1.29 is 19.4 Å². The van der Waals surface area contributed by atoms with Crippen LogP contribution in [0.3, 0.4) is 0 Å². The third kappa shape index (κ3) is 3.85. The van der Waals surface area contributed by atoms with Crippen LogP contribution < -0.4 is 22.5 Å². The van der Waals surface area contributed by atoms with Crippen molar-refractivity contribution in [3.63, 3.8) is 0 Å². The van der Waals surface area contributed by atoms with Crippen molar-refractivity contribution in [2.75, 3.05) is 0 Å². The minimum absolute atomic E-state index is 0.0720. The maximum Gasteiger partial charge on any atom is 0.271 e. The summed E-state index contributed by atoms with van der Waals surface area (Å²) in [4.78, 5) is 54.5. The maximum atomic E-state index is 12.1. The molecule has 2 aromatic carbocycles. The second-order valence-electron chi connectivity index (χ2n) is 7.04. The molecule has 2 amide bonds. The minimum Gasteiger partial charge on any atom is -0.312 e. The summed E-state index contributed by atoms with van der Waals surface area (Å²) in [6.45, 7) is -0.758. The lowest BCUT2D eigenvalue weighted by molar-refractivity contribution is -0.384. The summed E-state index contributed by atoms with van der Waals surface area (Å²) in [6.07, 6.45) is 0. The number of hydrogen-bond donors (Lipinski definition) is 4. The fourth-order valence-corrected chi connectivity index (χ4v) is 3.49. The number of fused-ring (bicyclic) bond motifs is 2. The fourth-order valence-electron chi connectivity index (χ4n) is 3.49. The number of rotatable bonds is 7. The number of carbonyl (C=O) groups is 2. The van der Waals surface area contributed by atoms with Crippen LogP contribution in [0.1, 0.15) is 0 Å². The van der Waals surface area contributed by atoms with E-state index < -0.39 is 21.7 Å². The molecule has 174 valence electrons. The van der Waals surface area contributed by atoms with E-state index >= 15 is 0 Å². The van der Waals surface area contributed by atoms with Gasteiger partial charge in [0.05, 0.1) is 31.9 Å². The number of benzene rings is 2. The highest BCUT2D eigenvalue weighted by molar-refractivity contribution is 5.89. The summed E-state index contributed by atoms with van der Waals surface area (Å²) >= 11 is 0. The second-order valence-corrected chi connectivity index (χ2v) is 7.04. The van der Waals surface area contributed by atoms with Gasteiger partial charge in [-0.2, -0.15) is 0 Å². The Kier molecular flexibility index (Phi) is 5.58. The molecule has 16 nitrogen and oxygen atoms in total. The molecule has 4 rings (SSSR count). The van der Waals surface area contributed by atoms with E-state index in [1.165, 1.54) is 45.5 Å². The van der Waals surface area contributed by atoms with E-state index in [1.54, 1.807) is 0 Å². The highest BCUT2D eigenvalue weighted by Crippen LogP contribution is 2.31. The zero-order valence-corrected chi connectivity index (χ0v) is 17.2. The van der Waals surface area contributed by atoms with E-state index in [4.69, 9.17) is 11.7 Å². The number of nitrogens with one attached hydrogen (secondary N) is 2. The number of nitro benzene ring substituents is 2. The predicted molar refractivity (Wildman–Crippen MR) is 116 cm³/mol. The summed E-state index contributed by atoms with van der Waals surface area (Å²) in [7, 11) is 0. The van der Waals surface area contributed by atoms with Crippen LogP contribution in [0, 0.1) is 20.2 Å². The van der Waals surface area contributed by atoms with Gasteiger partial charge >= 0.3 is 0 Å². The molecule has 0 unspecified atom stereocenters. The Labute approximate surface area is 188 Å². The number of hydrogen-bond acceptors (Lipinski definition) is 10. The standard InChI is InChI=1S/C18H16N10O6/c19-23-15(29)7-25-13-5-9(27(31)32)1-3-11(13)21-17(25)18-22-12-4-2-10(28(33)34)6-14(12)26(18)8-16(30)24-20/h1-6H,7-8,19-20H2,(H,23,29)(H,24,30). The first kappa shape index (κ1) is 22.2. The SMILES string of the molecule is NNC(=O)Cn1c(-c2nc3ccc([N+](=O)[O-])cc3n2CC(=O)NN)nc2ccc([N+](=O)[O-])cc21. The summed E-state index contributed by atoms with van der Waals surface area (Å²) < 4.78 is 2.69. The predicted octanol–water partition coefficient (Wildman–Crippen LogP) is -0.151. The lowest BCUT2D eigenvalue weighted by atomic mass is 10.3. The van der Waals surface area contributed by atoms with Crippen LogP contribution in [-0.4, -0.2) is 40.8 Å². The second kappa shape index (κ2) is 8.52. The molecule has 0 bridgehead atoms. The molecule has 0 spiro atoms. The average Bonchev–Trinajstić information content (AvgIpc) is 3.35. The molecule has 4 aromatic rings. The van der Waals surface area contributed by atoms with Crippen LogP contribution >= 0.6 is 0 Å². The van der Waals surface area contributed by atoms with E-state index in [0.29, 0.717) is 11.0 Å². The van der Waals surface area contributed by atoms with E-state index in [1.807, 2.05) is 10.9 Å². The number of carbonyl (C=O) groups excluding carboxylic acids is 2. The lowest BCUT2D eigenvalue weighted by Gasteiger charge is -2.10. The van der Waals surface area contributed by atoms with Gasteiger partial charge in [0.2, 0.25) is 0 Å². The van der Waals surface area contributed by atoms with Crippen LogP contribution in [-0.2, 0) is 22.7 Å². The Balaban J connectivity index is 2.03. The molecule has 0 radical (unpaired) electrons. The first-order valence-electron chi connectivity index (χ1n) is 9.52. The molecular formula is C18H16N10O6. The number of nitrogens with zero attached hydrogens (tertiary/aromatic N) is 6. The molecule has 2 heterocycles. The smallest absolute Gasteiger partial charge is 0.271 e. The van der Waals surface area contributed by atoms with Crippen molar-refractivity contribution in [3.8, 4) is 11.6 Å². The molecule has 2 aromatic heterocycles. The fraction of sp³-hybridized carbons (Fsp3) is 0.111. The molecule has 0 atom stereocenters. The third-order valence-electron chi connectivity index (χ3n) is 5.01. The average molecular weight is 468 g/mol. The zero-order chi connectivity index (χ0) is 24.6. The van der Waals surface area contributed by atoms with Crippen LogP contribution in [0.2, 0.25) is 0 Å². The van der Waals surface area contributed by atoms with Gasteiger partial charge in [-0.15, -0.1) is 0 Å².